The van der Waals surface area contributed by atoms with E-state index in [0.29, 0.717) is 25.3 Å². The number of halogens is 1. The number of ether oxygens (including phenoxy) is 4. The Bertz CT molecular complexity index is 1780. The molecule has 0 saturated carbocycles. The number of hydrogen-bond donors (Lipinski definition) is 1. The van der Waals surface area contributed by atoms with Crippen molar-refractivity contribution >= 4 is 23.5 Å². The van der Waals surface area contributed by atoms with Crippen LogP contribution in [0.4, 0.5) is 21.5 Å². The Morgan fingerprint density at radius 3 is 1.67 bits per heavy atom. The summed E-state index contributed by atoms with van der Waals surface area (Å²) in [5, 5.41) is 42.2. The van der Waals surface area contributed by atoms with Crippen LogP contribution in [0.15, 0.2) is 49.1 Å². The number of aryl methyl sites for hydroxylation is 2. The number of morpholine rings is 2. The number of nitrogens with one attached hydrogen (secondary N) is 1. The molecule has 0 unspecified atom stereocenters. The van der Waals surface area contributed by atoms with E-state index in [1.807, 2.05) is 20.0 Å². The zero-order chi connectivity index (χ0) is 38.8. The zero-order valence-corrected chi connectivity index (χ0v) is 38.0. The standard InChI is InChI=1S/C16H20N4O4.C12H12FN3O3.C4H9NO.CH2O3.2K.H/c1-3-19-11-12(10-17-19)13-8-15(20(21)22)16(23-2)9-14(13)18-4-6-24-7-5-18;1-3-15-7-8(6-14-15)9-4-11(16(17)18)12(19-2)5-10(9)13;1-3-6-4-2-5-1;2-1-4-3;;;/h8-11H,3-7H2,1-2H3;4-7H,3H2,1-2H3;5H,1-4H2;1,3H;;;/q;;;;2*+1;-1/p-1. The number of hydrogen-bond acceptors (Lipinski definition) is 15. The number of carbonyl (C=O) groups excluding carboxylic acids is 1. The van der Waals surface area contributed by atoms with Crippen molar-refractivity contribution in [3.05, 3.63) is 75.1 Å². The van der Waals surface area contributed by atoms with Crippen LogP contribution in [0.3, 0.4) is 0 Å². The second-order valence-corrected chi connectivity index (χ2v) is 10.9. The quantitative estimate of drug-likeness (QED) is 0.0558. The molecule has 2 aromatic carbocycles. The second kappa shape index (κ2) is 27.3. The molecule has 0 spiro atoms. The first-order valence-corrected chi connectivity index (χ1v) is 16.4. The number of benzene rings is 2. The van der Waals surface area contributed by atoms with Crippen LogP contribution in [0.25, 0.3) is 22.3 Å². The van der Waals surface area contributed by atoms with Gasteiger partial charge in [-0.25, -0.2) is 4.39 Å². The molecule has 2 aromatic heterocycles. The van der Waals surface area contributed by atoms with Gasteiger partial charge in [-0.2, -0.15) is 10.2 Å². The average Bonchev–Trinajstić information content (AvgIpc) is 3.89. The van der Waals surface area contributed by atoms with Crippen LogP contribution < -0.4 is 128 Å². The number of carbonyl (C=O) groups is 1. The zero-order valence-electron chi connectivity index (χ0n) is 32.8. The average molecular weight is 825 g/mol. The van der Waals surface area contributed by atoms with Gasteiger partial charge in [-0.1, -0.05) is 0 Å². The fourth-order valence-electron chi connectivity index (χ4n) is 5.10. The van der Waals surface area contributed by atoms with Gasteiger partial charge in [0.25, 0.3) is 6.47 Å². The molecule has 1 N–H and O–H groups in total. The summed E-state index contributed by atoms with van der Waals surface area (Å²) in [6.07, 6.45) is 6.74. The Morgan fingerprint density at radius 2 is 1.29 bits per heavy atom. The van der Waals surface area contributed by atoms with Crippen LogP contribution in [0.2, 0.25) is 0 Å². The maximum Gasteiger partial charge on any atom is 1.00 e. The normalized spacial score (nSPS) is 13.0. The van der Waals surface area contributed by atoms with Gasteiger partial charge in [-0.05, 0) is 13.8 Å². The molecule has 2 aliphatic heterocycles. The molecule has 0 bridgehead atoms. The monoisotopic (exact) mass is 824 g/mol. The summed E-state index contributed by atoms with van der Waals surface area (Å²) in [6, 6.07) is 5.48. The van der Waals surface area contributed by atoms with Gasteiger partial charge in [0.1, 0.15) is 5.82 Å². The predicted octanol–water partition coefficient (Wildman–Crippen LogP) is -2.89. The molecule has 2 aliphatic rings. The third-order valence-electron chi connectivity index (χ3n) is 7.73. The molecule has 2 saturated heterocycles. The van der Waals surface area contributed by atoms with Crippen molar-refractivity contribution in [2.75, 3.05) is 71.7 Å². The number of methoxy groups -OCH3 is 2. The van der Waals surface area contributed by atoms with E-state index in [-0.39, 0.29) is 139 Å². The molecule has 19 nitrogen and oxygen atoms in total. The minimum absolute atomic E-state index is 0. The van der Waals surface area contributed by atoms with Crippen LogP contribution in [0, 0.1) is 26.0 Å². The Hall–Kier alpha value is -2.43. The number of nitro groups is 2. The number of nitro benzene ring substituents is 2. The smallest absolute Gasteiger partial charge is 1.00 e. The molecule has 6 rings (SSSR count). The summed E-state index contributed by atoms with van der Waals surface area (Å²) in [4.78, 5) is 34.7. The summed E-state index contributed by atoms with van der Waals surface area (Å²) < 4.78 is 37.8. The Labute approximate surface area is 403 Å². The minimum Gasteiger partial charge on any atom is -1.00 e. The van der Waals surface area contributed by atoms with E-state index in [9.17, 15) is 24.6 Å². The third-order valence-corrected chi connectivity index (χ3v) is 7.73. The van der Waals surface area contributed by atoms with Gasteiger partial charge >= 0.3 is 114 Å². The van der Waals surface area contributed by atoms with E-state index in [1.165, 1.54) is 20.4 Å². The van der Waals surface area contributed by atoms with E-state index in [1.54, 1.807) is 33.9 Å². The van der Waals surface area contributed by atoms with E-state index >= 15 is 0 Å². The van der Waals surface area contributed by atoms with E-state index in [0.717, 1.165) is 74.9 Å². The summed E-state index contributed by atoms with van der Waals surface area (Å²) in [6.45, 7) is 11.6. The molecule has 2 fully saturated rings. The van der Waals surface area contributed by atoms with Gasteiger partial charge < -0.3 is 40.7 Å². The largest absolute Gasteiger partial charge is 1.00 e. The van der Waals surface area contributed by atoms with Crippen molar-refractivity contribution in [2.24, 2.45) is 0 Å². The fraction of sp³-hybridized carbons (Fsp3) is 0.424. The van der Waals surface area contributed by atoms with E-state index < -0.39 is 15.7 Å². The van der Waals surface area contributed by atoms with Crippen molar-refractivity contribution in [3.63, 3.8) is 0 Å². The molecular formula is C33H43FK2N8O11. The Balaban J connectivity index is 0.000000842. The first-order chi connectivity index (χ1) is 25.6. The van der Waals surface area contributed by atoms with Crippen LogP contribution in [0.1, 0.15) is 15.3 Å². The first kappa shape index (κ1) is 50.6. The van der Waals surface area contributed by atoms with Crippen LogP contribution in [-0.2, 0) is 32.2 Å². The van der Waals surface area contributed by atoms with Crippen LogP contribution >= 0.6 is 0 Å². The predicted molar refractivity (Wildman–Crippen MR) is 188 cm³/mol. The molecule has 4 aromatic rings. The van der Waals surface area contributed by atoms with Gasteiger partial charge in [0.15, 0.2) is 11.5 Å². The van der Waals surface area contributed by atoms with Gasteiger partial charge in [0.05, 0.1) is 62.9 Å². The Kier molecular flexibility index (Phi) is 25.1. The maximum absolute atomic E-state index is 13.9. The van der Waals surface area contributed by atoms with Crippen LogP contribution in [-0.4, -0.2) is 103 Å². The van der Waals surface area contributed by atoms with E-state index in [2.05, 4.69) is 25.3 Å². The van der Waals surface area contributed by atoms with E-state index in [4.69, 9.17) is 29.0 Å². The Morgan fingerprint density at radius 1 is 0.836 bits per heavy atom. The number of anilines is 1. The number of rotatable bonds is 10. The van der Waals surface area contributed by atoms with Crippen molar-refractivity contribution in [3.8, 4) is 33.8 Å². The molecule has 0 atom stereocenters. The molecule has 0 aliphatic carbocycles. The van der Waals surface area contributed by atoms with Crippen molar-refractivity contribution in [1.29, 1.82) is 0 Å². The minimum atomic E-state index is -0.605. The second-order valence-electron chi connectivity index (χ2n) is 10.9. The summed E-state index contributed by atoms with van der Waals surface area (Å²) in [7, 11) is 2.71. The molecular weight excluding hydrogens is 782 g/mol. The van der Waals surface area contributed by atoms with Crippen molar-refractivity contribution < 1.29 is 152 Å². The van der Waals surface area contributed by atoms with Gasteiger partial charge in [-0.15, -0.1) is 0 Å². The SMILES string of the molecule is C1COCCN1.CCn1cc(-c2cc([N+](=O)[O-])c(OC)cc2F)cn1.CCn1cc(-c2cc([N+](=O)[O-])c(OC)cc2N2CCOCC2)cn1.O=CO[O-].[H-].[K+].[K+]. The number of nitrogens with zero attached hydrogens (tertiary/aromatic N) is 7. The fourth-order valence-corrected chi connectivity index (χ4v) is 5.10. The molecule has 290 valence electrons. The topological polar surface area (TPSA) is 223 Å². The maximum atomic E-state index is 13.9. The molecule has 55 heavy (non-hydrogen) atoms. The molecule has 0 radical (unpaired) electrons. The van der Waals surface area contributed by atoms with Gasteiger partial charge in [-0.3, -0.25) is 34.4 Å². The first-order valence-electron chi connectivity index (χ1n) is 16.4. The van der Waals surface area contributed by atoms with Gasteiger partial charge in [0, 0.05) is 104 Å². The third kappa shape index (κ3) is 15.4. The summed E-state index contributed by atoms with van der Waals surface area (Å²) in [5.41, 5.74) is 2.83. The van der Waals surface area contributed by atoms with Gasteiger partial charge in [0.2, 0.25) is 0 Å². The molecule has 4 heterocycles. The summed E-state index contributed by atoms with van der Waals surface area (Å²) >= 11 is 0. The summed E-state index contributed by atoms with van der Waals surface area (Å²) in [5.74, 6) is -0.430. The van der Waals surface area contributed by atoms with Crippen LogP contribution in [0.5, 0.6) is 11.5 Å². The van der Waals surface area contributed by atoms with Crippen molar-refractivity contribution in [2.45, 2.75) is 26.9 Å². The molecule has 22 heteroatoms. The van der Waals surface area contributed by atoms with Crippen molar-refractivity contribution in [1.82, 2.24) is 24.9 Å². The molecule has 0 amide bonds. The number of aromatic nitrogens is 4.